The average Bonchev–Trinajstić information content (AvgIpc) is 3.43. The summed E-state index contributed by atoms with van der Waals surface area (Å²) in [5.41, 5.74) is 1.72. The minimum absolute atomic E-state index is 0.0185. The van der Waals surface area contributed by atoms with E-state index in [1.165, 1.54) is 16.9 Å². The summed E-state index contributed by atoms with van der Waals surface area (Å²) in [5.74, 6) is 1.89. The van der Waals surface area contributed by atoms with Crippen LogP contribution >= 0.6 is 22.9 Å². The van der Waals surface area contributed by atoms with E-state index in [1.807, 2.05) is 34.5 Å². The SMILES string of the molecule is COc1ccc(C2CCN(C(=O)c3csc(COc4ccc(Cl)cc4)n3)C2)cc1. The topological polar surface area (TPSA) is 51.7 Å². The van der Waals surface area contributed by atoms with Crippen molar-refractivity contribution in [2.24, 2.45) is 0 Å². The maximum atomic E-state index is 12.8. The summed E-state index contributed by atoms with van der Waals surface area (Å²) < 4.78 is 10.9. The number of nitrogens with zero attached hydrogens (tertiary/aromatic N) is 2. The Bertz CT molecular complexity index is 972. The fraction of sp³-hybridized carbons (Fsp3) is 0.273. The maximum Gasteiger partial charge on any atom is 0.273 e. The van der Waals surface area contributed by atoms with Crippen molar-refractivity contribution >= 4 is 28.8 Å². The minimum atomic E-state index is -0.0185. The summed E-state index contributed by atoms with van der Waals surface area (Å²) in [7, 11) is 1.66. The lowest BCUT2D eigenvalue weighted by Crippen LogP contribution is -2.28. The van der Waals surface area contributed by atoms with Gasteiger partial charge >= 0.3 is 0 Å². The Labute approximate surface area is 178 Å². The fourth-order valence-electron chi connectivity index (χ4n) is 3.41. The van der Waals surface area contributed by atoms with Crippen LogP contribution in [-0.4, -0.2) is 36.0 Å². The normalized spacial score (nSPS) is 16.1. The molecular formula is C22H21ClN2O3S. The largest absolute Gasteiger partial charge is 0.497 e. The zero-order valence-corrected chi connectivity index (χ0v) is 17.6. The molecule has 1 aliphatic heterocycles. The molecule has 1 saturated heterocycles. The second kappa shape index (κ2) is 8.84. The summed E-state index contributed by atoms with van der Waals surface area (Å²) in [4.78, 5) is 19.2. The Hall–Kier alpha value is -2.57. The van der Waals surface area contributed by atoms with Crippen molar-refractivity contribution in [2.75, 3.05) is 20.2 Å². The summed E-state index contributed by atoms with van der Waals surface area (Å²) in [6, 6.07) is 15.3. The van der Waals surface area contributed by atoms with E-state index in [1.54, 1.807) is 19.2 Å². The molecule has 1 unspecified atom stereocenters. The molecule has 1 atom stereocenters. The van der Waals surface area contributed by atoms with Crippen LogP contribution in [0.1, 0.15) is 33.4 Å². The predicted octanol–water partition coefficient (Wildman–Crippen LogP) is 5.01. The maximum absolute atomic E-state index is 12.8. The highest BCUT2D eigenvalue weighted by atomic mass is 35.5. The molecule has 0 spiro atoms. The number of halogens is 1. The van der Waals surface area contributed by atoms with Crippen LogP contribution in [0.3, 0.4) is 0 Å². The highest BCUT2D eigenvalue weighted by Gasteiger charge is 2.29. The molecule has 0 saturated carbocycles. The Balaban J connectivity index is 1.34. The van der Waals surface area contributed by atoms with Gasteiger partial charge in [-0.15, -0.1) is 11.3 Å². The van der Waals surface area contributed by atoms with Crippen LogP contribution in [-0.2, 0) is 6.61 Å². The predicted molar refractivity (Wildman–Crippen MR) is 114 cm³/mol. The number of ether oxygens (including phenoxy) is 2. The summed E-state index contributed by atoms with van der Waals surface area (Å²) in [6.07, 6.45) is 0.953. The third-order valence-electron chi connectivity index (χ3n) is 5.01. The van der Waals surface area contributed by atoms with Crippen molar-refractivity contribution < 1.29 is 14.3 Å². The Morgan fingerprint density at radius 2 is 1.90 bits per heavy atom. The Kier molecular flexibility index (Phi) is 6.02. The van der Waals surface area contributed by atoms with Crippen LogP contribution in [0, 0.1) is 0 Å². The van der Waals surface area contributed by atoms with Crippen LogP contribution in [0.4, 0.5) is 0 Å². The first kappa shape index (κ1) is 19.7. The van der Waals surface area contributed by atoms with Gasteiger partial charge in [0.1, 0.15) is 28.8 Å². The molecule has 5 nitrogen and oxygen atoms in total. The first-order chi connectivity index (χ1) is 14.1. The molecule has 150 valence electrons. The van der Waals surface area contributed by atoms with Crippen molar-refractivity contribution in [3.05, 3.63) is 75.2 Å². The van der Waals surface area contributed by atoms with Gasteiger partial charge in [0.15, 0.2) is 0 Å². The highest BCUT2D eigenvalue weighted by molar-refractivity contribution is 7.09. The molecule has 0 aliphatic carbocycles. The van der Waals surface area contributed by atoms with Crippen LogP contribution in [0.25, 0.3) is 0 Å². The third kappa shape index (κ3) is 4.71. The summed E-state index contributed by atoms with van der Waals surface area (Å²) in [6.45, 7) is 1.77. The smallest absolute Gasteiger partial charge is 0.273 e. The second-order valence-corrected chi connectivity index (χ2v) is 8.26. The standard InChI is InChI=1S/C22H21ClN2O3S/c1-27-18-6-2-15(3-7-18)16-10-11-25(12-16)22(26)20-14-29-21(24-20)13-28-19-8-4-17(23)5-9-19/h2-9,14,16H,10-13H2,1H3. The molecule has 0 bridgehead atoms. The lowest BCUT2D eigenvalue weighted by molar-refractivity contribution is 0.0785. The van der Waals surface area contributed by atoms with Crippen molar-refractivity contribution in [1.29, 1.82) is 0 Å². The van der Waals surface area contributed by atoms with Crippen LogP contribution in [0.5, 0.6) is 11.5 Å². The van der Waals surface area contributed by atoms with Gasteiger partial charge in [-0.25, -0.2) is 4.98 Å². The molecule has 2 aromatic carbocycles. The highest BCUT2D eigenvalue weighted by Crippen LogP contribution is 2.29. The number of benzene rings is 2. The number of rotatable bonds is 6. The molecule has 0 radical (unpaired) electrons. The van der Waals surface area contributed by atoms with E-state index in [0.29, 0.717) is 29.8 Å². The van der Waals surface area contributed by atoms with Crippen molar-refractivity contribution in [2.45, 2.75) is 18.9 Å². The quantitative estimate of drug-likeness (QED) is 0.553. The lowest BCUT2D eigenvalue weighted by atomic mass is 9.98. The number of thiazole rings is 1. The lowest BCUT2D eigenvalue weighted by Gasteiger charge is -2.15. The number of carbonyl (C=O) groups is 1. The zero-order chi connectivity index (χ0) is 20.2. The van der Waals surface area contributed by atoms with Gasteiger partial charge in [0.2, 0.25) is 0 Å². The van der Waals surface area contributed by atoms with E-state index in [2.05, 4.69) is 17.1 Å². The first-order valence-electron chi connectivity index (χ1n) is 9.38. The molecule has 0 N–H and O–H groups in total. The average molecular weight is 429 g/mol. The summed E-state index contributed by atoms with van der Waals surface area (Å²) >= 11 is 7.32. The Morgan fingerprint density at radius 3 is 2.62 bits per heavy atom. The molecular weight excluding hydrogens is 408 g/mol. The number of carbonyl (C=O) groups excluding carboxylic acids is 1. The van der Waals surface area contributed by atoms with Gasteiger partial charge in [0.25, 0.3) is 5.91 Å². The van der Waals surface area contributed by atoms with Crippen molar-refractivity contribution in [3.63, 3.8) is 0 Å². The summed E-state index contributed by atoms with van der Waals surface area (Å²) in [5, 5.41) is 3.25. The molecule has 1 aliphatic rings. The van der Waals surface area contributed by atoms with E-state index < -0.39 is 0 Å². The zero-order valence-electron chi connectivity index (χ0n) is 16.0. The molecule has 2 heterocycles. The van der Waals surface area contributed by atoms with Gasteiger partial charge in [-0.2, -0.15) is 0 Å². The molecule has 1 amide bonds. The van der Waals surface area contributed by atoms with Crippen LogP contribution in [0.2, 0.25) is 5.02 Å². The number of hydrogen-bond acceptors (Lipinski definition) is 5. The van der Waals surface area contributed by atoms with E-state index in [4.69, 9.17) is 21.1 Å². The van der Waals surface area contributed by atoms with Gasteiger partial charge in [-0.1, -0.05) is 23.7 Å². The minimum Gasteiger partial charge on any atom is -0.497 e. The first-order valence-corrected chi connectivity index (χ1v) is 10.6. The second-order valence-electron chi connectivity index (χ2n) is 6.88. The monoisotopic (exact) mass is 428 g/mol. The third-order valence-corrected chi connectivity index (χ3v) is 6.08. The van der Waals surface area contributed by atoms with Gasteiger partial charge in [0, 0.05) is 29.4 Å². The molecule has 4 rings (SSSR count). The number of aromatic nitrogens is 1. The molecule has 29 heavy (non-hydrogen) atoms. The Morgan fingerprint density at radius 1 is 1.17 bits per heavy atom. The molecule has 1 aromatic heterocycles. The number of hydrogen-bond donors (Lipinski definition) is 0. The van der Waals surface area contributed by atoms with E-state index in [9.17, 15) is 4.79 Å². The van der Waals surface area contributed by atoms with Gasteiger partial charge in [-0.05, 0) is 48.4 Å². The number of methoxy groups -OCH3 is 1. The molecule has 7 heteroatoms. The van der Waals surface area contributed by atoms with E-state index in [0.717, 1.165) is 29.5 Å². The van der Waals surface area contributed by atoms with E-state index >= 15 is 0 Å². The van der Waals surface area contributed by atoms with Crippen molar-refractivity contribution in [1.82, 2.24) is 9.88 Å². The van der Waals surface area contributed by atoms with Gasteiger partial charge in [0.05, 0.1) is 7.11 Å². The van der Waals surface area contributed by atoms with Crippen LogP contribution < -0.4 is 9.47 Å². The van der Waals surface area contributed by atoms with Gasteiger partial charge in [-0.3, -0.25) is 4.79 Å². The van der Waals surface area contributed by atoms with Gasteiger partial charge < -0.3 is 14.4 Å². The fourth-order valence-corrected chi connectivity index (χ4v) is 4.21. The van der Waals surface area contributed by atoms with E-state index in [-0.39, 0.29) is 5.91 Å². The number of likely N-dealkylation sites (tertiary alicyclic amines) is 1. The molecule has 3 aromatic rings. The number of amides is 1. The van der Waals surface area contributed by atoms with Crippen LogP contribution in [0.15, 0.2) is 53.9 Å². The molecule has 1 fully saturated rings. The van der Waals surface area contributed by atoms with Crippen molar-refractivity contribution in [3.8, 4) is 11.5 Å².